The summed E-state index contributed by atoms with van der Waals surface area (Å²) in [6.45, 7) is 1.33. The van der Waals surface area contributed by atoms with Crippen LogP contribution in [0.2, 0.25) is 0 Å². The fourth-order valence-electron chi connectivity index (χ4n) is 2.68. The minimum Gasteiger partial charge on any atom is -0.497 e. The highest BCUT2D eigenvalue weighted by atomic mass is 16.5. The van der Waals surface area contributed by atoms with Crippen molar-refractivity contribution in [1.82, 2.24) is 0 Å². The second-order valence-electron chi connectivity index (χ2n) is 5.24. The molecule has 0 bridgehead atoms. The minimum atomic E-state index is 0.0295. The number of benzene rings is 2. The van der Waals surface area contributed by atoms with E-state index < -0.39 is 0 Å². The van der Waals surface area contributed by atoms with E-state index in [1.807, 2.05) is 24.3 Å². The van der Waals surface area contributed by atoms with Crippen LogP contribution in [-0.2, 0) is 0 Å². The van der Waals surface area contributed by atoms with E-state index in [-0.39, 0.29) is 6.10 Å². The number of fused-ring (bicyclic) bond motifs is 1. The molecule has 1 aliphatic rings. The molecule has 0 unspecified atom stereocenters. The number of nitrogens with zero attached hydrogens (tertiary/aromatic N) is 1. The third-order valence-corrected chi connectivity index (χ3v) is 3.83. The van der Waals surface area contributed by atoms with Crippen LogP contribution in [0.3, 0.4) is 0 Å². The van der Waals surface area contributed by atoms with E-state index in [1.165, 1.54) is 0 Å². The lowest BCUT2D eigenvalue weighted by atomic mass is 10.0. The Morgan fingerprint density at radius 2 is 2.00 bits per heavy atom. The maximum atomic E-state index is 6.10. The second-order valence-corrected chi connectivity index (χ2v) is 5.24. The lowest BCUT2D eigenvalue weighted by Crippen LogP contribution is -2.42. The lowest BCUT2D eigenvalue weighted by molar-refractivity contribution is 0.205. The highest BCUT2D eigenvalue weighted by Crippen LogP contribution is 2.41. The second kappa shape index (κ2) is 5.66. The minimum absolute atomic E-state index is 0.0295. The predicted molar refractivity (Wildman–Crippen MR) is 85.2 cm³/mol. The van der Waals surface area contributed by atoms with Crippen molar-refractivity contribution in [3.05, 3.63) is 42.5 Å². The van der Waals surface area contributed by atoms with Crippen LogP contribution in [0.15, 0.2) is 42.5 Å². The van der Waals surface area contributed by atoms with E-state index in [0.29, 0.717) is 6.54 Å². The SMILES string of the molecule is COc1ccc(-c2cccc3c2O[C@H](CN)CN3C)cc1. The summed E-state index contributed by atoms with van der Waals surface area (Å²) in [6.07, 6.45) is 0.0295. The van der Waals surface area contributed by atoms with Crippen LogP contribution in [0.4, 0.5) is 5.69 Å². The molecule has 1 atom stereocenters. The van der Waals surface area contributed by atoms with Crippen molar-refractivity contribution in [3.63, 3.8) is 0 Å². The first-order valence-electron chi connectivity index (χ1n) is 7.08. The van der Waals surface area contributed by atoms with Gasteiger partial charge in [0, 0.05) is 19.2 Å². The van der Waals surface area contributed by atoms with Gasteiger partial charge < -0.3 is 20.1 Å². The number of hydrogen-bond acceptors (Lipinski definition) is 4. The van der Waals surface area contributed by atoms with Crippen LogP contribution in [0.25, 0.3) is 11.1 Å². The maximum absolute atomic E-state index is 6.10. The van der Waals surface area contributed by atoms with Crippen LogP contribution in [0, 0.1) is 0 Å². The van der Waals surface area contributed by atoms with Gasteiger partial charge in [-0.25, -0.2) is 0 Å². The Bertz CT molecular complexity index is 625. The fourth-order valence-corrected chi connectivity index (χ4v) is 2.68. The van der Waals surface area contributed by atoms with Gasteiger partial charge in [0.2, 0.25) is 0 Å². The molecule has 0 aliphatic carbocycles. The zero-order chi connectivity index (χ0) is 14.8. The summed E-state index contributed by atoms with van der Waals surface area (Å²) in [4.78, 5) is 2.20. The maximum Gasteiger partial charge on any atom is 0.150 e. The summed E-state index contributed by atoms with van der Waals surface area (Å²) in [7, 11) is 3.74. The Morgan fingerprint density at radius 1 is 1.24 bits per heavy atom. The summed E-state index contributed by atoms with van der Waals surface area (Å²) in [6, 6.07) is 14.2. The zero-order valence-corrected chi connectivity index (χ0v) is 12.4. The first-order valence-corrected chi connectivity index (χ1v) is 7.08. The number of hydrogen-bond donors (Lipinski definition) is 1. The molecule has 21 heavy (non-hydrogen) atoms. The largest absolute Gasteiger partial charge is 0.497 e. The molecule has 1 aliphatic heterocycles. The molecule has 4 nitrogen and oxygen atoms in total. The van der Waals surface area contributed by atoms with Crippen molar-refractivity contribution >= 4 is 5.69 Å². The summed E-state index contributed by atoms with van der Waals surface area (Å²) in [5, 5.41) is 0. The van der Waals surface area contributed by atoms with Gasteiger partial charge in [0.05, 0.1) is 19.3 Å². The molecule has 4 heteroatoms. The Kier molecular flexibility index (Phi) is 3.71. The van der Waals surface area contributed by atoms with E-state index in [1.54, 1.807) is 7.11 Å². The molecule has 0 fully saturated rings. The molecular weight excluding hydrogens is 264 g/mol. The molecule has 1 heterocycles. The Balaban J connectivity index is 2.05. The smallest absolute Gasteiger partial charge is 0.150 e. The van der Waals surface area contributed by atoms with E-state index in [9.17, 15) is 0 Å². The average molecular weight is 284 g/mol. The van der Waals surface area contributed by atoms with Crippen molar-refractivity contribution in [3.8, 4) is 22.6 Å². The topological polar surface area (TPSA) is 47.7 Å². The molecule has 0 saturated heterocycles. The van der Waals surface area contributed by atoms with Gasteiger partial charge >= 0.3 is 0 Å². The number of para-hydroxylation sites is 1. The number of likely N-dealkylation sites (N-methyl/N-ethyl adjacent to an activating group) is 1. The molecule has 2 aromatic rings. The van der Waals surface area contributed by atoms with Gasteiger partial charge in [-0.3, -0.25) is 0 Å². The summed E-state index contributed by atoms with van der Waals surface area (Å²) >= 11 is 0. The van der Waals surface area contributed by atoms with Crippen LogP contribution >= 0.6 is 0 Å². The summed E-state index contributed by atoms with van der Waals surface area (Å²) in [5.74, 6) is 1.76. The third kappa shape index (κ3) is 2.54. The Hall–Kier alpha value is -2.20. The van der Waals surface area contributed by atoms with Gasteiger partial charge in [-0.1, -0.05) is 24.3 Å². The standard InChI is InChI=1S/C17H20N2O2/c1-19-11-14(10-18)21-17-15(4-3-5-16(17)19)12-6-8-13(20-2)9-7-12/h3-9,14H,10-11,18H2,1-2H3/t14-/m1/s1. The highest BCUT2D eigenvalue weighted by Gasteiger charge is 2.25. The first-order chi connectivity index (χ1) is 10.2. The van der Waals surface area contributed by atoms with Gasteiger partial charge in [-0.15, -0.1) is 0 Å². The molecule has 0 aromatic heterocycles. The number of rotatable bonds is 3. The quantitative estimate of drug-likeness (QED) is 0.941. The van der Waals surface area contributed by atoms with Gasteiger partial charge in [0.25, 0.3) is 0 Å². The number of ether oxygens (including phenoxy) is 2. The number of nitrogens with two attached hydrogens (primary N) is 1. The zero-order valence-electron chi connectivity index (χ0n) is 12.4. The van der Waals surface area contributed by atoms with Crippen molar-refractivity contribution in [2.24, 2.45) is 5.73 Å². The van der Waals surface area contributed by atoms with Crippen LogP contribution in [0.1, 0.15) is 0 Å². The van der Waals surface area contributed by atoms with Crippen LogP contribution in [0.5, 0.6) is 11.5 Å². The third-order valence-electron chi connectivity index (χ3n) is 3.83. The molecule has 2 N–H and O–H groups in total. The summed E-state index contributed by atoms with van der Waals surface area (Å²) in [5.41, 5.74) is 9.08. The van der Waals surface area contributed by atoms with Crippen molar-refractivity contribution in [1.29, 1.82) is 0 Å². The van der Waals surface area contributed by atoms with Crippen LogP contribution < -0.4 is 20.1 Å². The molecule has 0 amide bonds. The van der Waals surface area contributed by atoms with E-state index in [4.69, 9.17) is 15.2 Å². The van der Waals surface area contributed by atoms with Gasteiger partial charge in [-0.05, 0) is 23.8 Å². The Morgan fingerprint density at radius 3 is 2.67 bits per heavy atom. The van der Waals surface area contributed by atoms with E-state index >= 15 is 0 Å². The van der Waals surface area contributed by atoms with Crippen molar-refractivity contribution in [2.45, 2.75) is 6.10 Å². The van der Waals surface area contributed by atoms with Crippen LogP contribution in [-0.4, -0.2) is 33.4 Å². The fraction of sp³-hybridized carbons (Fsp3) is 0.294. The number of anilines is 1. The molecule has 2 aromatic carbocycles. The average Bonchev–Trinajstić information content (AvgIpc) is 2.54. The van der Waals surface area contributed by atoms with E-state index in [0.717, 1.165) is 34.9 Å². The lowest BCUT2D eigenvalue weighted by Gasteiger charge is -2.34. The molecule has 3 rings (SSSR count). The number of methoxy groups -OCH3 is 1. The van der Waals surface area contributed by atoms with Gasteiger partial charge in [0.15, 0.2) is 5.75 Å². The molecule has 0 radical (unpaired) electrons. The van der Waals surface area contributed by atoms with Gasteiger partial charge in [-0.2, -0.15) is 0 Å². The highest BCUT2D eigenvalue weighted by molar-refractivity contribution is 5.79. The molecule has 110 valence electrons. The van der Waals surface area contributed by atoms with Gasteiger partial charge in [0.1, 0.15) is 11.9 Å². The molecule has 0 spiro atoms. The normalized spacial score (nSPS) is 17.1. The predicted octanol–water partition coefficient (Wildman–Crippen LogP) is 2.52. The van der Waals surface area contributed by atoms with E-state index in [2.05, 4.69) is 30.1 Å². The molecular formula is C17H20N2O2. The van der Waals surface area contributed by atoms with Crippen molar-refractivity contribution in [2.75, 3.05) is 32.1 Å². The van der Waals surface area contributed by atoms with Crippen molar-refractivity contribution < 1.29 is 9.47 Å². The summed E-state index contributed by atoms with van der Waals surface area (Å²) < 4.78 is 11.3. The molecule has 0 saturated carbocycles. The monoisotopic (exact) mass is 284 g/mol. The Labute approximate surface area is 125 Å². The first kappa shape index (κ1) is 13.8.